The van der Waals surface area contributed by atoms with Gasteiger partial charge in [-0.3, -0.25) is 0 Å². The average molecular weight is 389 g/mol. The van der Waals surface area contributed by atoms with Gasteiger partial charge in [0.1, 0.15) is 11.4 Å². The van der Waals surface area contributed by atoms with Gasteiger partial charge in [-0.05, 0) is 38.1 Å². The van der Waals surface area contributed by atoms with Crippen LogP contribution in [0.2, 0.25) is 0 Å². The van der Waals surface area contributed by atoms with E-state index in [4.69, 9.17) is 30.8 Å². The summed E-state index contributed by atoms with van der Waals surface area (Å²) in [4.78, 5) is 17.0. The van der Waals surface area contributed by atoms with Crippen LogP contribution in [0, 0.1) is 12.3 Å². The number of nitrogens with zero attached hydrogens (tertiary/aromatic N) is 5. The van der Waals surface area contributed by atoms with Gasteiger partial charge >= 0.3 is 0 Å². The van der Waals surface area contributed by atoms with Crippen molar-refractivity contribution < 1.29 is 9.47 Å². The van der Waals surface area contributed by atoms with Crippen LogP contribution in [0.5, 0.6) is 0 Å². The molecule has 2 aliphatic heterocycles. The summed E-state index contributed by atoms with van der Waals surface area (Å²) >= 11 is 0. The maximum Gasteiger partial charge on any atom is 0.166 e. The molecule has 148 valence electrons. The molecule has 1 aromatic carbocycles. The Morgan fingerprint density at radius 2 is 1.76 bits per heavy atom. The Bertz CT molecular complexity index is 1100. The van der Waals surface area contributed by atoms with Crippen molar-refractivity contribution in [2.24, 2.45) is 0 Å². The highest BCUT2D eigenvalue weighted by atomic mass is 16.5. The quantitative estimate of drug-likeness (QED) is 0.628. The first-order valence-electron chi connectivity index (χ1n) is 9.89. The first kappa shape index (κ1) is 18.1. The van der Waals surface area contributed by atoms with Crippen molar-refractivity contribution in [3.05, 3.63) is 35.7 Å². The number of imidazole rings is 1. The third-order valence-electron chi connectivity index (χ3n) is 5.51. The Balaban J connectivity index is 1.73. The van der Waals surface area contributed by atoms with Crippen LogP contribution in [0.25, 0.3) is 22.6 Å². The minimum absolute atomic E-state index is 0.462. The number of fused-ring (bicyclic) bond motifs is 3. The van der Waals surface area contributed by atoms with E-state index in [9.17, 15) is 0 Å². The molecule has 0 atom stereocenters. The highest BCUT2D eigenvalue weighted by molar-refractivity contribution is 5.86. The monoisotopic (exact) mass is 389 g/mol. The number of aromatic nitrogens is 4. The Morgan fingerprint density at radius 1 is 1.00 bits per heavy atom. The molecular weight excluding hydrogens is 366 g/mol. The molecule has 2 aromatic heterocycles. The summed E-state index contributed by atoms with van der Waals surface area (Å²) in [6, 6.07) is 7.78. The molecule has 1 fully saturated rings. The summed E-state index contributed by atoms with van der Waals surface area (Å²) in [6.45, 7) is 8.38. The van der Waals surface area contributed by atoms with Crippen LogP contribution < -0.4 is 4.90 Å². The fourth-order valence-electron chi connectivity index (χ4n) is 3.95. The summed E-state index contributed by atoms with van der Waals surface area (Å²) in [5, 5.41) is 0. The second-order valence-corrected chi connectivity index (χ2v) is 7.81. The second kappa shape index (κ2) is 6.83. The minimum atomic E-state index is -0.462. The molecule has 0 radical (unpaired) electrons. The molecule has 7 nitrogen and oxygen atoms in total. The van der Waals surface area contributed by atoms with E-state index in [1.807, 2.05) is 38.1 Å². The summed E-state index contributed by atoms with van der Waals surface area (Å²) in [7, 11) is 0. The van der Waals surface area contributed by atoms with Crippen molar-refractivity contribution in [1.82, 2.24) is 19.5 Å². The van der Waals surface area contributed by atoms with Gasteiger partial charge in [-0.2, -0.15) is 0 Å². The van der Waals surface area contributed by atoms with Gasteiger partial charge in [0.2, 0.25) is 0 Å². The van der Waals surface area contributed by atoms with Crippen molar-refractivity contribution in [1.29, 1.82) is 0 Å². The molecule has 0 saturated carbocycles. The SMILES string of the molecule is C#Cc1ccc(-c2nc(N3CCOCC3)c3nc4n(c3n2)CCOC4(C)C)cc1. The first-order valence-corrected chi connectivity index (χ1v) is 9.89. The van der Waals surface area contributed by atoms with E-state index in [0.717, 1.165) is 53.6 Å². The van der Waals surface area contributed by atoms with Crippen molar-refractivity contribution in [2.45, 2.75) is 26.0 Å². The smallest absolute Gasteiger partial charge is 0.166 e. The molecule has 0 bridgehead atoms. The molecule has 29 heavy (non-hydrogen) atoms. The predicted octanol–water partition coefficient (Wildman–Crippen LogP) is 2.58. The largest absolute Gasteiger partial charge is 0.378 e. The topological polar surface area (TPSA) is 65.3 Å². The zero-order valence-corrected chi connectivity index (χ0v) is 16.7. The molecule has 4 heterocycles. The van der Waals surface area contributed by atoms with Crippen LogP contribution in [0.3, 0.4) is 0 Å². The third kappa shape index (κ3) is 3.05. The second-order valence-electron chi connectivity index (χ2n) is 7.81. The Hall–Kier alpha value is -2.95. The van der Waals surface area contributed by atoms with E-state index in [1.54, 1.807) is 0 Å². The van der Waals surface area contributed by atoms with E-state index in [-0.39, 0.29) is 0 Å². The summed E-state index contributed by atoms with van der Waals surface area (Å²) < 4.78 is 13.7. The average Bonchev–Trinajstić information content (AvgIpc) is 3.14. The Kier molecular flexibility index (Phi) is 4.26. The van der Waals surface area contributed by atoms with Gasteiger partial charge < -0.3 is 18.9 Å². The Morgan fingerprint density at radius 3 is 2.48 bits per heavy atom. The highest BCUT2D eigenvalue weighted by Gasteiger charge is 2.34. The number of anilines is 1. The normalized spacial score (nSPS) is 18.4. The van der Waals surface area contributed by atoms with Crippen molar-refractivity contribution in [2.75, 3.05) is 37.8 Å². The van der Waals surface area contributed by atoms with Crippen molar-refractivity contribution in [3.63, 3.8) is 0 Å². The van der Waals surface area contributed by atoms with Crippen LogP contribution in [-0.2, 0) is 21.6 Å². The van der Waals surface area contributed by atoms with Crippen molar-refractivity contribution >= 4 is 17.0 Å². The number of hydrogen-bond donors (Lipinski definition) is 0. The summed E-state index contributed by atoms with van der Waals surface area (Å²) in [5.41, 5.74) is 2.98. The standard InChI is InChI=1S/C22H23N5O2/c1-4-15-5-7-16(8-6-15)18-24-19(26-9-12-28-13-10-26)17-20(25-18)27-11-14-29-22(2,3)21(27)23-17/h1,5-8H,9-14H2,2-3H3. The summed E-state index contributed by atoms with van der Waals surface area (Å²) in [6.07, 6.45) is 5.50. The molecule has 0 amide bonds. The summed E-state index contributed by atoms with van der Waals surface area (Å²) in [5.74, 6) is 5.07. The van der Waals surface area contributed by atoms with Crippen LogP contribution in [0.4, 0.5) is 5.82 Å². The van der Waals surface area contributed by atoms with E-state index in [2.05, 4.69) is 15.4 Å². The molecule has 0 unspecified atom stereocenters. The molecule has 2 aliphatic rings. The van der Waals surface area contributed by atoms with Gasteiger partial charge in [0, 0.05) is 30.8 Å². The molecule has 1 saturated heterocycles. The number of terminal acetylenes is 1. The zero-order chi connectivity index (χ0) is 20.0. The number of ether oxygens (including phenoxy) is 2. The third-order valence-corrected chi connectivity index (χ3v) is 5.51. The maximum atomic E-state index is 5.96. The van der Waals surface area contributed by atoms with Gasteiger partial charge in [-0.1, -0.05) is 5.92 Å². The van der Waals surface area contributed by atoms with E-state index in [0.29, 0.717) is 25.6 Å². The number of hydrogen-bond acceptors (Lipinski definition) is 6. The van der Waals surface area contributed by atoms with Gasteiger partial charge in [0.05, 0.1) is 19.8 Å². The zero-order valence-electron chi connectivity index (χ0n) is 16.7. The molecular formula is C22H23N5O2. The van der Waals surface area contributed by atoms with Crippen LogP contribution >= 0.6 is 0 Å². The van der Waals surface area contributed by atoms with Crippen molar-refractivity contribution in [3.8, 4) is 23.7 Å². The van der Waals surface area contributed by atoms with E-state index in [1.165, 1.54) is 0 Å². The van der Waals surface area contributed by atoms with Gasteiger partial charge in [0.25, 0.3) is 0 Å². The maximum absolute atomic E-state index is 5.96. The molecule has 7 heteroatoms. The van der Waals surface area contributed by atoms with Gasteiger partial charge in [-0.15, -0.1) is 6.42 Å². The molecule has 0 N–H and O–H groups in total. The van der Waals surface area contributed by atoms with Crippen LogP contribution in [0.15, 0.2) is 24.3 Å². The number of benzene rings is 1. The number of rotatable bonds is 2. The lowest BCUT2D eigenvalue weighted by molar-refractivity contribution is -0.0530. The lowest BCUT2D eigenvalue weighted by Crippen LogP contribution is -2.37. The van der Waals surface area contributed by atoms with Gasteiger partial charge in [-0.25, -0.2) is 15.0 Å². The fourth-order valence-corrected chi connectivity index (χ4v) is 3.95. The molecule has 5 rings (SSSR count). The van der Waals surface area contributed by atoms with E-state index < -0.39 is 5.60 Å². The molecule has 0 aliphatic carbocycles. The minimum Gasteiger partial charge on any atom is -0.378 e. The molecule has 3 aromatic rings. The Labute approximate surface area is 169 Å². The van der Waals surface area contributed by atoms with Crippen LogP contribution in [0.1, 0.15) is 25.2 Å². The predicted molar refractivity (Wildman–Crippen MR) is 111 cm³/mol. The number of morpholine rings is 1. The lowest BCUT2D eigenvalue weighted by Gasteiger charge is -2.30. The van der Waals surface area contributed by atoms with Crippen LogP contribution in [-0.4, -0.2) is 52.4 Å². The lowest BCUT2D eigenvalue weighted by atomic mass is 10.1. The van der Waals surface area contributed by atoms with Gasteiger partial charge in [0.15, 0.2) is 22.8 Å². The highest BCUT2D eigenvalue weighted by Crippen LogP contribution is 2.35. The fraction of sp³-hybridized carbons (Fsp3) is 0.409. The first-order chi connectivity index (χ1) is 14.1. The van der Waals surface area contributed by atoms with E-state index >= 15 is 0 Å². The molecule has 0 spiro atoms.